The van der Waals surface area contributed by atoms with Crippen LogP contribution in [0.2, 0.25) is 0 Å². The molecule has 116 valence electrons. The number of hydrogen-bond acceptors (Lipinski definition) is 2. The maximum absolute atomic E-state index is 14.3. The molecule has 0 aliphatic heterocycles. The lowest BCUT2D eigenvalue weighted by Crippen LogP contribution is -2.26. The Morgan fingerprint density at radius 2 is 2.19 bits per heavy atom. The molecular weight excluding hydrogens is 269 g/mol. The van der Waals surface area contributed by atoms with Crippen molar-refractivity contribution < 1.29 is 9.18 Å². The highest BCUT2D eigenvalue weighted by atomic mass is 19.1. The smallest absolute Gasteiger partial charge is 0.211 e. The van der Waals surface area contributed by atoms with Crippen molar-refractivity contribution in [1.29, 1.82) is 0 Å². The first-order valence-corrected chi connectivity index (χ1v) is 7.31. The third-order valence-corrected chi connectivity index (χ3v) is 3.54. The standard InChI is InChI=1S/C16H24FN3O/c1-4-6-9-16(3,20-15(18)5-2)13-10-12(19-11-21)7-8-14(13)17/h7-8,10-11H,4-6,9H2,1-3H3,(H2,18,20)(H,19,21). The van der Waals surface area contributed by atoms with E-state index in [1.807, 2.05) is 13.8 Å². The molecule has 3 N–H and O–H groups in total. The molecule has 1 amide bonds. The van der Waals surface area contributed by atoms with Gasteiger partial charge in [0.05, 0.1) is 11.4 Å². The van der Waals surface area contributed by atoms with Gasteiger partial charge >= 0.3 is 0 Å². The van der Waals surface area contributed by atoms with E-state index in [-0.39, 0.29) is 5.82 Å². The number of aliphatic imine (C=N–C) groups is 1. The van der Waals surface area contributed by atoms with Gasteiger partial charge in [0, 0.05) is 17.7 Å². The van der Waals surface area contributed by atoms with Gasteiger partial charge in [-0.05, 0) is 31.5 Å². The molecule has 1 rings (SSSR count). The fourth-order valence-electron chi connectivity index (χ4n) is 2.26. The number of hydrogen-bond donors (Lipinski definition) is 2. The molecule has 1 aromatic carbocycles. The van der Waals surface area contributed by atoms with Crippen LogP contribution in [0.5, 0.6) is 0 Å². The minimum atomic E-state index is -0.721. The highest BCUT2D eigenvalue weighted by Crippen LogP contribution is 2.34. The van der Waals surface area contributed by atoms with Crippen LogP contribution in [0.1, 0.15) is 52.0 Å². The van der Waals surface area contributed by atoms with Crippen LogP contribution < -0.4 is 11.1 Å². The lowest BCUT2D eigenvalue weighted by atomic mass is 9.86. The normalized spacial score (nSPS) is 14.6. The Morgan fingerprint density at radius 3 is 2.76 bits per heavy atom. The molecule has 1 atom stereocenters. The average molecular weight is 293 g/mol. The van der Waals surface area contributed by atoms with Gasteiger partial charge < -0.3 is 11.1 Å². The zero-order valence-electron chi connectivity index (χ0n) is 12.9. The summed E-state index contributed by atoms with van der Waals surface area (Å²) in [7, 11) is 0. The summed E-state index contributed by atoms with van der Waals surface area (Å²) in [4.78, 5) is 15.1. The maximum atomic E-state index is 14.3. The summed E-state index contributed by atoms with van der Waals surface area (Å²) in [5, 5.41) is 2.54. The van der Waals surface area contributed by atoms with E-state index in [4.69, 9.17) is 5.73 Å². The van der Waals surface area contributed by atoms with Gasteiger partial charge in [-0.15, -0.1) is 0 Å². The van der Waals surface area contributed by atoms with E-state index in [1.54, 1.807) is 6.07 Å². The molecule has 4 nitrogen and oxygen atoms in total. The molecule has 0 spiro atoms. The number of unbranched alkanes of at least 4 members (excludes halogenated alkanes) is 1. The van der Waals surface area contributed by atoms with Crippen LogP contribution in [0.3, 0.4) is 0 Å². The summed E-state index contributed by atoms with van der Waals surface area (Å²) in [6, 6.07) is 4.51. The molecule has 0 radical (unpaired) electrons. The Bertz CT molecular complexity index is 516. The maximum Gasteiger partial charge on any atom is 0.211 e. The van der Waals surface area contributed by atoms with Crippen LogP contribution in [0.25, 0.3) is 0 Å². The van der Waals surface area contributed by atoms with Gasteiger partial charge in [-0.3, -0.25) is 9.79 Å². The van der Waals surface area contributed by atoms with Crippen LogP contribution >= 0.6 is 0 Å². The summed E-state index contributed by atoms with van der Waals surface area (Å²) in [5.74, 6) is 0.166. The highest BCUT2D eigenvalue weighted by Gasteiger charge is 2.29. The van der Waals surface area contributed by atoms with E-state index in [9.17, 15) is 9.18 Å². The molecule has 1 aromatic rings. The van der Waals surface area contributed by atoms with Gasteiger partial charge in [0.15, 0.2) is 0 Å². The monoisotopic (exact) mass is 293 g/mol. The minimum Gasteiger partial charge on any atom is -0.387 e. The number of carbonyl (C=O) groups excluding carboxylic acids is 1. The molecule has 0 aromatic heterocycles. The summed E-state index contributed by atoms with van der Waals surface area (Å²) in [6.45, 7) is 5.88. The van der Waals surface area contributed by atoms with Crippen LogP contribution in [-0.2, 0) is 10.3 Å². The largest absolute Gasteiger partial charge is 0.387 e. The van der Waals surface area contributed by atoms with E-state index in [1.165, 1.54) is 12.1 Å². The molecule has 21 heavy (non-hydrogen) atoms. The summed E-state index contributed by atoms with van der Waals surface area (Å²) >= 11 is 0. The van der Waals surface area contributed by atoms with Crippen LogP contribution in [0.15, 0.2) is 23.2 Å². The van der Waals surface area contributed by atoms with Crippen molar-refractivity contribution in [3.63, 3.8) is 0 Å². The molecular formula is C16H24FN3O. The number of carbonyl (C=O) groups is 1. The first-order valence-electron chi connectivity index (χ1n) is 7.31. The second kappa shape index (κ2) is 7.76. The van der Waals surface area contributed by atoms with E-state index >= 15 is 0 Å². The third-order valence-electron chi connectivity index (χ3n) is 3.54. The van der Waals surface area contributed by atoms with Crippen molar-refractivity contribution >= 4 is 17.9 Å². The zero-order chi connectivity index (χ0) is 15.9. The second-order valence-electron chi connectivity index (χ2n) is 5.29. The molecule has 0 fully saturated rings. The number of anilines is 1. The summed E-state index contributed by atoms with van der Waals surface area (Å²) < 4.78 is 14.3. The van der Waals surface area contributed by atoms with Crippen molar-refractivity contribution in [2.24, 2.45) is 10.7 Å². The van der Waals surface area contributed by atoms with Gasteiger partial charge in [-0.25, -0.2) is 4.39 Å². The van der Waals surface area contributed by atoms with Gasteiger partial charge in [-0.2, -0.15) is 0 Å². The molecule has 0 saturated heterocycles. The number of nitrogens with zero attached hydrogens (tertiary/aromatic N) is 1. The van der Waals surface area contributed by atoms with Crippen molar-refractivity contribution in [2.45, 2.75) is 52.0 Å². The fourth-order valence-corrected chi connectivity index (χ4v) is 2.26. The van der Waals surface area contributed by atoms with Gasteiger partial charge in [0.1, 0.15) is 5.82 Å². The number of amides is 1. The van der Waals surface area contributed by atoms with E-state index < -0.39 is 5.54 Å². The predicted molar refractivity (Wildman–Crippen MR) is 84.9 cm³/mol. The van der Waals surface area contributed by atoms with Gasteiger partial charge in [0.25, 0.3) is 0 Å². The number of rotatable bonds is 8. The van der Waals surface area contributed by atoms with Crippen LogP contribution in [-0.4, -0.2) is 12.2 Å². The lowest BCUT2D eigenvalue weighted by Gasteiger charge is -2.27. The first kappa shape index (κ1) is 17.1. The highest BCUT2D eigenvalue weighted by molar-refractivity contribution is 5.80. The van der Waals surface area contributed by atoms with Gasteiger partial charge in [0.2, 0.25) is 6.41 Å². The van der Waals surface area contributed by atoms with E-state index in [0.29, 0.717) is 36.3 Å². The number of nitrogens with one attached hydrogen (secondary N) is 1. The minimum absolute atomic E-state index is 0.335. The predicted octanol–water partition coefficient (Wildman–Crippen LogP) is 3.57. The van der Waals surface area contributed by atoms with Crippen LogP contribution in [0, 0.1) is 5.82 Å². The Morgan fingerprint density at radius 1 is 1.48 bits per heavy atom. The molecule has 0 heterocycles. The van der Waals surface area contributed by atoms with Crippen molar-refractivity contribution in [3.8, 4) is 0 Å². The van der Waals surface area contributed by atoms with Crippen molar-refractivity contribution in [3.05, 3.63) is 29.6 Å². The molecule has 5 heteroatoms. The number of amidine groups is 1. The molecule has 0 aliphatic rings. The molecule has 0 aliphatic carbocycles. The number of halogens is 1. The van der Waals surface area contributed by atoms with E-state index in [0.717, 1.165) is 12.8 Å². The molecule has 0 bridgehead atoms. The van der Waals surface area contributed by atoms with Crippen LogP contribution in [0.4, 0.5) is 10.1 Å². The first-order chi connectivity index (χ1) is 9.96. The number of benzene rings is 1. The Balaban J connectivity index is 3.30. The fraction of sp³-hybridized carbons (Fsp3) is 0.500. The topological polar surface area (TPSA) is 67.5 Å². The van der Waals surface area contributed by atoms with E-state index in [2.05, 4.69) is 17.2 Å². The third kappa shape index (κ3) is 4.55. The number of nitrogens with two attached hydrogens (primary N) is 1. The van der Waals surface area contributed by atoms with Crippen molar-refractivity contribution in [2.75, 3.05) is 5.32 Å². The quantitative estimate of drug-likeness (QED) is 0.437. The van der Waals surface area contributed by atoms with Gasteiger partial charge in [-0.1, -0.05) is 26.7 Å². The Hall–Kier alpha value is -1.91. The Labute approximate surface area is 125 Å². The summed E-state index contributed by atoms with van der Waals surface area (Å²) in [5.41, 5.74) is 6.16. The average Bonchev–Trinajstić information content (AvgIpc) is 2.47. The lowest BCUT2D eigenvalue weighted by molar-refractivity contribution is -0.105. The second-order valence-corrected chi connectivity index (χ2v) is 5.29. The molecule has 0 saturated carbocycles. The van der Waals surface area contributed by atoms with Crippen molar-refractivity contribution in [1.82, 2.24) is 0 Å². The molecule has 1 unspecified atom stereocenters. The SMILES string of the molecule is CCCCC(C)(N=C(N)CC)c1cc(NC=O)ccc1F. The summed E-state index contributed by atoms with van der Waals surface area (Å²) in [6.07, 6.45) is 3.80. The zero-order valence-corrected chi connectivity index (χ0v) is 12.9. The Kier molecular flexibility index (Phi) is 6.34.